The van der Waals surface area contributed by atoms with Crippen molar-refractivity contribution >= 4 is 33.2 Å². The van der Waals surface area contributed by atoms with Gasteiger partial charge < -0.3 is 14.3 Å². The highest BCUT2D eigenvalue weighted by molar-refractivity contribution is 7.18. The van der Waals surface area contributed by atoms with Gasteiger partial charge in [-0.05, 0) is 43.3 Å². The average Bonchev–Trinajstić information content (AvgIpc) is 3.44. The number of β-amino-alcohol motifs (C(OH)–C–C–N with tert-alkyl or cyclic N) is 1. The van der Waals surface area contributed by atoms with Gasteiger partial charge in [-0.3, -0.25) is 9.80 Å². The maximum Gasteiger partial charge on any atom is 0.247 e. The number of thiazole rings is 1. The molecule has 0 spiro atoms. The highest BCUT2D eigenvalue weighted by Gasteiger charge is 2.21. The van der Waals surface area contributed by atoms with Crippen LogP contribution in [0.2, 0.25) is 5.02 Å². The smallest absolute Gasteiger partial charge is 0.247 e. The fourth-order valence-electron chi connectivity index (χ4n) is 4.00. The van der Waals surface area contributed by atoms with E-state index in [0.29, 0.717) is 29.9 Å². The maximum atomic E-state index is 10.5. The van der Waals surface area contributed by atoms with Crippen LogP contribution in [0.25, 0.3) is 21.7 Å². The number of aryl methyl sites for hydroxylation is 1. The molecular formula is C24H26ClN5O3S. The van der Waals surface area contributed by atoms with Crippen LogP contribution >= 0.6 is 22.9 Å². The zero-order valence-corrected chi connectivity index (χ0v) is 20.4. The summed E-state index contributed by atoms with van der Waals surface area (Å²) in [7, 11) is 0. The van der Waals surface area contributed by atoms with E-state index in [1.165, 1.54) is 0 Å². The third-order valence-electron chi connectivity index (χ3n) is 5.76. The number of halogens is 1. The Kier molecular flexibility index (Phi) is 7.07. The Hall–Kier alpha value is -2.56. The number of nitrogens with zero attached hydrogens (tertiary/aromatic N) is 5. The van der Waals surface area contributed by atoms with Gasteiger partial charge in [-0.25, -0.2) is 4.98 Å². The van der Waals surface area contributed by atoms with Crippen LogP contribution in [0.3, 0.4) is 0 Å². The topological polar surface area (TPSA) is 87.8 Å². The van der Waals surface area contributed by atoms with Gasteiger partial charge in [0.25, 0.3) is 0 Å². The van der Waals surface area contributed by atoms with Gasteiger partial charge in [0, 0.05) is 49.4 Å². The Morgan fingerprint density at radius 3 is 2.65 bits per heavy atom. The molecule has 2 aromatic carbocycles. The molecule has 1 saturated heterocycles. The largest absolute Gasteiger partial charge is 0.491 e. The molecule has 1 aliphatic rings. The Morgan fingerprint density at radius 1 is 1.09 bits per heavy atom. The molecular weight excluding hydrogens is 474 g/mol. The third-order valence-corrected chi connectivity index (χ3v) is 6.96. The van der Waals surface area contributed by atoms with Crippen molar-refractivity contribution in [1.29, 1.82) is 0 Å². The van der Waals surface area contributed by atoms with Crippen LogP contribution in [0, 0.1) is 6.92 Å². The van der Waals surface area contributed by atoms with Crippen LogP contribution < -0.4 is 4.74 Å². The predicted molar refractivity (Wildman–Crippen MR) is 132 cm³/mol. The zero-order valence-electron chi connectivity index (χ0n) is 18.9. The molecule has 4 aromatic rings. The molecule has 0 unspecified atom stereocenters. The van der Waals surface area contributed by atoms with Crippen LogP contribution in [0.5, 0.6) is 5.75 Å². The molecule has 34 heavy (non-hydrogen) atoms. The number of aromatic nitrogens is 3. The minimum absolute atomic E-state index is 0.254. The minimum atomic E-state index is -0.558. The first-order chi connectivity index (χ1) is 16.5. The fraction of sp³-hybridized carbons (Fsp3) is 0.375. The quantitative estimate of drug-likeness (QED) is 0.391. The number of fused-ring (bicyclic) bond motifs is 1. The Labute approximate surface area is 206 Å². The van der Waals surface area contributed by atoms with E-state index in [-0.39, 0.29) is 6.61 Å². The molecule has 0 bridgehead atoms. The maximum absolute atomic E-state index is 10.5. The van der Waals surface area contributed by atoms with E-state index in [9.17, 15) is 5.11 Å². The lowest BCUT2D eigenvalue weighted by Gasteiger charge is -2.34. The monoisotopic (exact) mass is 499 g/mol. The first-order valence-corrected chi connectivity index (χ1v) is 12.4. The molecule has 1 aliphatic heterocycles. The van der Waals surface area contributed by atoms with Crippen LogP contribution in [0.4, 0.5) is 0 Å². The van der Waals surface area contributed by atoms with Gasteiger partial charge >= 0.3 is 0 Å². The number of hydrogen-bond acceptors (Lipinski definition) is 9. The second-order valence-electron chi connectivity index (χ2n) is 8.41. The second-order valence-corrected chi connectivity index (χ2v) is 10.1. The van der Waals surface area contributed by atoms with Crippen LogP contribution in [0.1, 0.15) is 10.9 Å². The highest BCUT2D eigenvalue weighted by atomic mass is 35.5. The molecule has 178 valence electrons. The molecule has 10 heteroatoms. The van der Waals surface area contributed by atoms with E-state index in [1.807, 2.05) is 37.3 Å². The first kappa shape index (κ1) is 23.2. The number of rotatable bonds is 8. The normalized spacial score (nSPS) is 16.2. The summed E-state index contributed by atoms with van der Waals surface area (Å²) in [6, 6.07) is 13.2. The van der Waals surface area contributed by atoms with E-state index in [1.54, 1.807) is 23.5 Å². The number of hydrogen-bond donors (Lipinski definition) is 1. The van der Waals surface area contributed by atoms with Crippen molar-refractivity contribution in [2.24, 2.45) is 0 Å². The summed E-state index contributed by atoms with van der Waals surface area (Å²) in [4.78, 5) is 9.03. The van der Waals surface area contributed by atoms with Crippen molar-refractivity contribution in [3.8, 4) is 17.2 Å². The molecule has 1 fully saturated rings. The highest BCUT2D eigenvalue weighted by Crippen LogP contribution is 2.25. The SMILES string of the molecule is Cc1nc2cc(OC[C@H](O)CN3CCN(Cc4nnc(-c5ccc(Cl)cc5)o4)CC3)ccc2s1. The standard InChI is InChI=1S/C24H26ClN5O3S/c1-16-26-21-12-20(6-7-22(21)34-16)32-15-19(31)13-29-8-10-30(11-9-29)14-23-27-28-24(33-23)17-2-4-18(25)5-3-17/h2-7,12,19,31H,8-11,13-15H2,1H3/t19-/m1/s1. The summed E-state index contributed by atoms with van der Waals surface area (Å²) < 4.78 is 12.8. The number of aliphatic hydroxyl groups excluding tert-OH is 1. The molecule has 1 N–H and O–H groups in total. The summed E-state index contributed by atoms with van der Waals surface area (Å²) in [5.74, 6) is 1.83. The van der Waals surface area contributed by atoms with Crippen molar-refractivity contribution in [3.05, 3.63) is 58.4 Å². The Morgan fingerprint density at radius 2 is 1.85 bits per heavy atom. The van der Waals surface area contributed by atoms with Gasteiger partial charge in [0.05, 0.1) is 21.8 Å². The molecule has 0 radical (unpaired) electrons. The lowest BCUT2D eigenvalue weighted by Crippen LogP contribution is -2.48. The molecule has 0 aliphatic carbocycles. The predicted octanol–water partition coefficient (Wildman–Crippen LogP) is 3.87. The van der Waals surface area contributed by atoms with E-state index in [2.05, 4.69) is 25.0 Å². The lowest BCUT2D eigenvalue weighted by molar-refractivity contribution is 0.0431. The number of ether oxygens (including phenoxy) is 1. The number of piperazine rings is 1. The number of aliphatic hydroxyl groups is 1. The molecule has 5 rings (SSSR count). The lowest BCUT2D eigenvalue weighted by atomic mass is 10.2. The Balaban J connectivity index is 1.05. The molecule has 3 heterocycles. The van der Waals surface area contributed by atoms with Crippen molar-refractivity contribution < 1.29 is 14.3 Å². The van der Waals surface area contributed by atoms with Crippen LogP contribution in [-0.2, 0) is 6.54 Å². The van der Waals surface area contributed by atoms with E-state index >= 15 is 0 Å². The van der Waals surface area contributed by atoms with Gasteiger partial charge in [-0.1, -0.05) is 11.6 Å². The van der Waals surface area contributed by atoms with Crippen molar-refractivity contribution in [2.45, 2.75) is 19.6 Å². The van der Waals surface area contributed by atoms with Gasteiger partial charge in [0.2, 0.25) is 11.8 Å². The van der Waals surface area contributed by atoms with Crippen LogP contribution in [0.15, 0.2) is 46.9 Å². The average molecular weight is 500 g/mol. The zero-order chi connectivity index (χ0) is 23.5. The number of benzene rings is 2. The van der Waals surface area contributed by atoms with Crippen molar-refractivity contribution in [2.75, 3.05) is 39.3 Å². The molecule has 2 aromatic heterocycles. The molecule has 0 amide bonds. The summed E-state index contributed by atoms with van der Waals surface area (Å²) in [6.07, 6.45) is -0.558. The van der Waals surface area contributed by atoms with E-state index in [0.717, 1.165) is 52.7 Å². The summed E-state index contributed by atoms with van der Waals surface area (Å²) in [5.41, 5.74) is 1.79. The van der Waals surface area contributed by atoms with Gasteiger partial charge in [0.1, 0.15) is 18.5 Å². The van der Waals surface area contributed by atoms with Gasteiger partial charge in [0.15, 0.2) is 0 Å². The third kappa shape index (κ3) is 5.73. The first-order valence-electron chi connectivity index (χ1n) is 11.2. The summed E-state index contributed by atoms with van der Waals surface area (Å²) in [5, 5.41) is 20.5. The summed E-state index contributed by atoms with van der Waals surface area (Å²) >= 11 is 7.61. The van der Waals surface area contributed by atoms with Crippen molar-refractivity contribution in [3.63, 3.8) is 0 Å². The fourth-order valence-corrected chi connectivity index (χ4v) is 4.94. The Bertz CT molecular complexity index is 1240. The molecule has 8 nitrogen and oxygen atoms in total. The van der Waals surface area contributed by atoms with Crippen LogP contribution in [-0.4, -0.2) is 75.5 Å². The molecule has 1 atom stereocenters. The second kappa shape index (κ2) is 10.4. The van der Waals surface area contributed by atoms with Gasteiger partial charge in [-0.2, -0.15) is 0 Å². The van der Waals surface area contributed by atoms with E-state index in [4.69, 9.17) is 20.8 Å². The molecule has 0 saturated carbocycles. The summed E-state index contributed by atoms with van der Waals surface area (Å²) in [6.45, 7) is 6.89. The van der Waals surface area contributed by atoms with Gasteiger partial charge in [-0.15, -0.1) is 21.5 Å². The van der Waals surface area contributed by atoms with E-state index < -0.39 is 6.10 Å². The minimum Gasteiger partial charge on any atom is -0.491 e. The van der Waals surface area contributed by atoms with Crippen molar-refractivity contribution in [1.82, 2.24) is 25.0 Å².